The van der Waals surface area contributed by atoms with Crippen LogP contribution in [0.3, 0.4) is 0 Å². The third kappa shape index (κ3) is 3.10. The number of rotatable bonds is 5. The molecule has 1 unspecified atom stereocenters. The highest BCUT2D eigenvalue weighted by atomic mass is 32.2. The van der Waals surface area contributed by atoms with E-state index in [4.69, 9.17) is 0 Å². The van der Waals surface area contributed by atoms with Crippen molar-refractivity contribution < 1.29 is 8.42 Å². The monoisotopic (exact) mass is 268 g/mol. The molecule has 1 fully saturated rings. The van der Waals surface area contributed by atoms with Gasteiger partial charge in [-0.15, -0.1) is 0 Å². The Morgan fingerprint density at radius 1 is 1.39 bits per heavy atom. The molecule has 0 radical (unpaired) electrons. The maximum Gasteiger partial charge on any atom is 0.240 e. The second-order valence-electron chi connectivity index (χ2n) is 4.61. The van der Waals surface area contributed by atoms with Gasteiger partial charge in [0.15, 0.2) is 0 Å². The molecule has 1 atom stereocenters. The molecule has 0 saturated carbocycles. The smallest absolute Gasteiger partial charge is 0.240 e. The summed E-state index contributed by atoms with van der Waals surface area (Å²) >= 11 is 0. The molecule has 4 nitrogen and oxygen atoms in total. The molecule has 0 aliphatic carbocycles. The van der Waals surface area contributed by atoms with Crippen LogP contribution < -0.4 is 10.0 Å². The maximum atomic E-state index is 12.2. The highest BCUT2D eigenvalue weighted by Crippen LogP contribution is 2.16. The molecule has 1 saturated heterocycles. The molecular formula is C13H20N2O2S. The van der Waals surface area contributed by atoms with Crippen LogP contribution in [0.2, 0.25) is 0 Å². The Hall–Kier alpha value is -0.910. The summed E-state index contributed by atoms with van der Waals surface area (Å²) in [5.41, 5.74) is 0.865. The van der Waals surface area contributed by atoms with Gasteiger partial charge < -0.3 is 5.32 Å². The summed E-state index contributed by atoms with van der Waals surface area (Å²) in [6.07, 6.45) is 2.88. The topological polar surface area (TPSA) is 58.2 Å². The molecular weight excluding hydrogens is 248 g/mol. The summed E-state index contributed by atoms with van der Waals surface area (Å²) in [5.74, 6) is 0. The van der Waals surface area contributed by atoms with Crippen molar-refractivity contribution in [2.75, 3.05) is 13.1 Å². The van der Waals surface area contributed by atoms with Gasteiger partial charge in [-0.2, -0.15) is 0 Å². The predicted molar refractivity (Wildman–Crippen MR) is 72.0 cm³/mol. The van der Waals surface area contributed by atoms with Crippen molar-refractivity contribution in [1.82, 2.24) is 10.0 Å². The first-order chi connectivity index (χ1) is 8.63. The molecule has 0 amide bonds. The Balaban J connectivity index is 2.09. The van der Waals surface area contributed by atoms with Crippen molar-refractivity contribution in [3.63, 3.8) is 0 Å². The van der Waals surface area contributed by atoms with Gasteiger partial charge in [0.2, 0.25) is 10.0 Å². The van der Waals surface area contributed by atoms with Crippen molar-refractivity contribution in [2.45, 2.75) is 37.1 Å². The van der Waals surface area contributed by atoms with Gasteiger partial charge in [-0.25, -0.2) is 13.1 Å². The van der Waals surface area contributed by atoms with Gasteiger partial charge in [-0.1, -0.05) is 25.1 Å². The second kappa shape index (κ2) is 5.82. The molecule has 2 N–H and O–H groups in total. The van der Waals surface area contributed by atoms with Gasteiger partial charge >= 0.3 is 0 Å². The van der Waals surface area contributed by atoms with E-state index in [1.807, 2.05) is 19.1 Å². The summed E-state index contributed by atoms with van der Waals surface area (Å²) in [6.45, 7) is 3.42. The molecule has 100 valence electrons. The number of sulfonamides is 1. The average molecular weight is 268 g/mol. The lowest BCUT2D eigenvalue weighted by atomic mass is 10.2. The minimum atomic E-state index is -3.38. The largest absolute Gasteiger partial charge is 0.313 e. The van der Waals surface area contributed by atoms with Crippen molar-refractivity contribution in [3.05, 3.63) is 29.8 Å². The minimum Gasteiger partial charge on any atom is -0.313 e. The highest BCUT2D eigenvalue weighted by molar-refractivity contribution is 7.89. The van der Waals surface area contributed by atoms with E-state index in [9.17, 15) is 8.42 Å². The van der Waals surface area contributed by atoms with Gasteiger partial charge in [0.1, 0.15) is 0 Å². The van der Waals surface area contributed by atoms with Crippen LogP contribution in [0.15, 0.2) is 29.2 Å². The fourth-order valence-electron chi connectivity index (χ4n) is 2.28. The van der Waals surface area contributed by atoms with E-state index >= 15 is 0 Å². The van der Waals surface area contributed by atoms with Crippen LogP contribution in [0.4, 0.5) is 0 Å². The van der Waals surface area contributed by atoms with E-state index in [0.29, 0.717) is 11.4 Å². The number of benzene rings is 1. The van der Waals surface area contributed by atoms with Crippen LogP contribution in [0.25, 0.3) is 0 Å². The number of hydrogen-bond donors (Lipinski definition) is 2. The zero-order chi connectivity index (χ0) is 13.0. The van der Waals surface area contributed by atoms with Gasteiger partial charge in [0.05, 0.1) is 4.90 Å². The first-order valence-electron chi connectivity index (χ1n) is 6.44. The van der Waals surface area contributed by atoms with Crippen LogP contribution in [-0.2, 0) is 16.4 Å². The van der Waals surface area contributed by atoms with Crippen molar-refractivity contribution in [1.29, 1.82) is 0 Å². The maximum absolute atomic E-state index is 12.2. The Morgan fingerprint density at radius 3 is 2.83 bits per heavy atom. The number of hydrogen-bond acceptors (Lipinski definition) is 3. The fraction of sp³-hybridized carbons (Fsp3) is 0.538. The standard InChI is InChI=1S/C13H20N2O2S/c1-2-11-6-3-4-8-13(11)18(16,17)15-10-12-7-5-9-14-12/h3-4,6,8,12,14-15H,2,5,7,9-10H2,1H3. The van der Waals surface area contributed by atoms with Crippen LogP contribution >= 0.6 is 0 Å². The Kier molecular flexibility index (Phi) is 4.37. The van der Waals surface area contributed by atoms with Gasteiger partial charge in [0.25, 0.3) is 0 Å². The lowest BCUT2D eigenvalue weighted by molar-refractivity contribution is 0.551. The van der Waals surface area contributed by atoms with Crippen molar-refractivity contribution in [3.8, 4) is 0 Å². The van der Waals surface area contributed by atoms with Crippen LogP contribution in [0, 0.1) is 0 Å². The van der Waals surface area contributed by atoms with Crippen molar-refractivity contribution >= 4 is 10.0 Å². The summed E-state index contributed by atoms with van der Waals surface area (Å²) < 4.78 is 27.2. The molecule has 1 heterocycles. The second-order valence-corrected chi connectivity index (χ2v) is 6.34. The van der Waals surface area contributed by atoms with E-state index in [0.717, 1.165) is 31.4 Å². The average Bonchev–Trinajstić information content (AvgIpc) is 2.89. The van der Waals surface area contributed by atoms with E-state index < -0.39 is 10.0 Å². The van der Waals surface area contributed by atoms with E-state index in [2.05, 4.69) is 10.0 Å². The zero-order valence-electron chi connectivity index (χ0n) is 10.6. The third-order valence-corrected chi connectivity index (χ3v) is 4.85. The van der Waals surface area contributed by atoms with Crippen LogP contribution in [0.5, 0.6) is 0 Å². The summed E-state index contributed by atoms with van der Waals surface area (Å²) in [5, 5.41) is 3.28. The Bertz CT molecular complexity index is 493. The molecule has 1 aliphatic rings. The third-order valence-electron chi connectivity index (χ3n) is 3.33. The van der Waals surface area contributed by atoms with Crippen LogP contribution in [-0.4, -0.2) is 27.5 Å². The van der Waals surface area contributed by atoms with E-state index in [-0.39, 0.29) is 6.04 Å². The summed E-state index contributed by atoms with van der Waals surface area (Å²) in [7, 11) is -3.38. The molecule has 1 aromatic carbocycles. The van der Waals surface area contributed by atoms with Gasteiger partial charge in [-0.05, 0) is 37.4 Å². The Labute approximate surface area is 109 Å². The molecule has 0 bridgehead atoms. The Morgan fingerprint density at radius 2 is 2.17 bits per heavy atom. The molecule has 5 heteroatoms. The van der Waals surface area contributed by atoms with Gasteiger partial charge in [0, 0.05) is 12.6 Å². The van der Waals surface area contributed by atoms with E-state index in [1.165, 1.54) is 0 Å². The quantitative estimate of drug-likeness (QED) is 0.846. The zero-order valence-corrected chi connectivity index (χ0v) is 11.5. The molecule has 2 rings (SSSR count). The highest BCUT2D eigenvalue weighted by Gasteiger charge is 2.20. The predicted octanol–water partition coefficient (Wildman–Crippen LogP) is 1.28. The number of aryl methyl sites for hydroxylation is 1. The lowest BCUT2D eigenvalue weighted by Gasteiger charge is -2.13. The van der Waals surface area contributed by atoms with E-state index in [1.54, 1.807) is 12.1 Å². The normalized spacial score (nSPS) is 20.2. The number of nitrogens with one attached hydrogen (secondary N) is 2. The molecule has 0 aromatic heterocycles. The first-order valence-corrected chi connectivity index (χ1v) is 7.93. The van der Waals surface area contributed by atoms with Crippen molar-refractivity contribution in [2.24, 2.45) is 0 Å². The molecule has 0 spiro atoms. The summed E-state index contributed by atoms with van der Waals surface area (Å²) in [4.78, 5) is 0.408. The SMILES string of the molecule is CCc1ccccc1S(=O)(=O)NCC1CCCN1. The molecule has 18 heavy (non-hydrogen) atoms. The molecule has 1 aliphatic heterocycles. The molecule has 1 aromatic rings. The first kappa shape index (κ1) is 13.5. The van der Waals surface area contributed by atoms with Gasteiger partial charge in [-0.3, -0.25) is 0 Å². The van der Waals surface area contributed by atoms with Crippen LogP contribution in [0.1, 0.15) is 25.3 Å². The fourth-order valence-corrected chi connectivity index (χ4v) is 3.67. The summed E-state index contributed by atoms with van der Waals surface area (Å²) in [6, 6.07) is 7.44. The minimum absolute atomic E-state index is 0.272. The lowest BCUT2D eigenvalue weighted by Crippen LogP contribution is -2.37.